The molecule has 1 atom stereocenters. The van der Waals surface area contributed by atoms with Gasteiger partial charge in [0, 0.05) is 25.6 Å². The summed E-state index contributed by atoms with van der Waals surface area (Å²) in [6.45, 7) is 1.35. The van der Waals surface area contributed by atoms with Crippen LogP contribution in [-0.2, 0) is 9.59 Å². The van der Waals surface area contributed by atoms with Crippen LogP contribution in [0.5, 0.6) is 0 Å². The van der Waals surface area contributed by atoms with E-state index in [0.717, 1.165) is 12.8 Å². The number of nitrogens with zero attached hydrogens (tertiary/aromatic N) is 1. The second-order valence-electron chi connectivity index (χ2n) is 6.33. The molecule has 3 rings (SSSR count). The summed E-state index contributed by atoms with van der Waals surface area (Å²) in [5.74, 6) is -0.767. The minimum atomic E-state index is -0.638. The highest BCUT2D eigenvalue weighted by molar-refractivity contribution is 6.04. The second-order valence-corrected chi connectivity index (χ2v) is 6.33. The average Bonchev–Trinajstić information content (AvgIpc) is 2.92. The van der Waals surface area contributed by atoms with Gasteiger partial charge in [-0.2, -0.15) is 0 Å². The molecule has 0 aliphatic carbocycles. The Morgan fingerprint density at radius 2 is 1.96 bits per heavy atom. The molecule has 2 saturated heterocycles. The molecule has 25 heavy (non-hydrogen) atoms. The Morgan fingerprint density at radius 1 is 1.24 bits per heavy atom. The van der Waals surface area contributed by atoms with Gasteiger partial charge in [-0.3, -0.25) is 14.9 Å². The number of halogens is 1. The number of nitrogens with one attached hydrogen (secondary N) is 3. The molecule has 2 aliphatic rings. The molecule has 0 bridgehead atoms. The quantitative estimate of drug-likeness (QED) is 0.690. The Bertz CT molecular complexity index is 674. The predicted molar refractivity (Wildman–Crippen MR) is 89.5 cm³/mol. The fourth-order valence-corrected chi connectivity index (χ4v) is 3.21. The molecule has 0 aromatic heterocycles. The summed E-state index contributed by atoms with van der Waals surface area (Å²) in [5, 5.41) is 7.56. The van der Waals surface area contributed by atoms with Crippen molar-refractivity contribution in [3.63, 3.8) is 0 Å². The second kappa shape index (κ2) is 7.50. The van der Waals surface area contributed by atoms with Crippen LogP contribution in [0, 0.1) is 5.82 Å². The van der Waals surface area contributed by atoms with E-state index in [4.69, 9.17) is 0 Å². The number of carbonyl (C=O) groups is 3. The highest BCUT2D eigenvalue weighted by atomic mass is 19.1. The minimum Gasteiger partial charge on any atom is -0.369 e. The maximum Gasteiger partial charge on any atom is 0.322 e. The van der Waals surface area contributed by atoms with Gasteiger partial charge in [0.25, 0.3) is 5.91 Å². The number of urea groups is 1. The zero-order chi connectivity index (χ0) is 17.8. The van der Waals surface area contributed by atoms with Gasteiger partial charge in [-0.05, 0) is 31.4 Å². The number of para-hydroxylation sites is 1. The summed E-state index contributed by atoms with van der Waals surface area (Å²) in [5.41, 5.74) is 0.593. The van der Waals surface area contributed by atoms with Crippen molar-refractivity contribution in [2.45, 2.75) is 37.8 Å². The van der Waals surface area contributed by atoms with E-state index in [1.54, 1.807) is 12.1 Å². The van der Waals surface area contributed by atoms with Crippen LogP contribution in [0.3, 0.4) is 0 Å². The fourth-order valence-electron chi connectivity index (χ4n) is 3.21. The number of hydrogen-bond acceptors (Lipinski definition) is 4. The van der Waals surface area contributed by atoms with Gasteiger partial charge in [0.1, 0.15) is 11.9 Å². The number of piperidine rings is 1. The Balaban J connectivity index is 1.41. The lowest BCUT2D eigenvalue weighted by atomic mass is 10.0. The van der Waals surface area contributed by atoms with Gasteiger partial charge in [-0.25, -0.2) is 9.18 Å². The van der Waals surface area contributed by atoms with E-state index in [0.29, 0.717) is 18.8 Å². The Kier molecular flexibility index (Phi) is 5.16. The standard InChI is InChI=1S/C17H21FN4O3/c18-12-3-1-2-4-14(12)22-9-7-11(8-10-22)19-15(23)6-5-13-16(24)21-17(25)20-13/h1-4,11,13H,5-10H2,(H,19,23)(H2,20,21,24,25). The molecule has 2 fully saturated rings. The zero-order valence-corrected chi connectivity index (χ0v) is 13.8. The summed E-state index contributed by atoms with van der Waals surface area (Å²) >= 11 is 0. The van der Waals surface area contributed by atoms with Crippen molar-refractivity contribution in [2.75, 3.05) is 18.0 Å². The number of anilines is 1. The van der Waals surface area contributed by atoms with Crippen LogP contribution in [0.4, 0.5) is 14.9 Å². The van der Waals surface area contributed by atoms with Crippen LogP contribution >= 0.6 is 0 Å². The molecule has 0 radical (unpaired) electrons. The van der Waals surface area contributed by atoms with Gasteiger partial charge in [-0.1, -0.05) is 12.1 Å². The topological polar surface area (TPSA) is 90.5 Å². The number of benzene rings is 1. The van der Waals surface area contributed by atoms with Gasteiger partial charge in [0.2, 0.25) is 5.91 Å². The molecular weight excluding hydrogens is 327 g/mol. The van der Waals surface area contributed by atoms with Crippen LogP contribution in [0.25, 0.3) is 0 Å². The van der Waals surface area contributed by atoms with Crippen LogP contribution in [0.2, 0.25) is 0 Å². The summed E-state index contributed by atoms with van der Waals surface area (Å²) < 4.78 is 13.8. The van der Waals surface area contributed by atoms with Gasteiger partial charge in [0.05, 0.1) is 5.69 Å². The molecule has 0 spiro atoms. The molecule has 0 saturated carbocycles. The smallest absolute Gasteiger partial charge is 0.322 e. The van der Waals surface area contributed by atoms with Crippen molar-refractivity contribution in [2.24, 2.45) is 0 Å². The first-order valence-electron chi connectivity index (χ1n) is 8.43. The molecule has 3 N–H and O–H groups in total. The zero-order valence-electron chi connectivity index (χ0n) is 13.8. The Morgan fingerprint density at radius 3 is 2.60 bits per heavy atom. The van der Waals surface area contributed by atoms with Crippen LogP contribution in [-0.4, -0.2) is 43.0 Å². The number of rotatable bonds is 5. The van der Waals surface area contributed by atoms with Crippen molar-refractivity contribution >= 4 is 23.5 Å². The minimum absolute atomic E-state index is 0.0440. The largest absolute Gasteiger partial charge is 0.369 e. The number of carbonyl (C=O) groups excluding carboxylic acids is 3. The number of imide groups is 1. The fraction of sp³-hybridized carbons (Fsp3) is 0.471. The third kappa shape index (κ3) is 4.26. The van der Waals surface area contributed by atoms with Gasteiger partial charge in [-0.15, -0.1) is 0 Å². The van der Waals surface area contributed by atoms with E-state index in [-0.39, 0.29) is 30.6 Å². The lowest BCUT2D eigenvalue weighted by Gasteiger charge is -2.34. The van der Waals surface area contributed by atoms with Crippen LogP contribution < -0.4 is 20.9 Å². The van der Waals surface area contributed by atoms with Crippen LogP contribution in [0.15, 0.2) is 24.3 Å². The first-order chi connectivity index (χ1) is 12.0. The molecule has 4 amide bonds. The number of amides is 4. The molecular formula is C17H21FN4O3. The van der Waals surface area contributed by atoms with Gasteiger partial charge in [0.15, 0.2) is 0 Å². The van der Waals surface area contributed by atoms with Crippen molar-refractivity contribution < 1.29 is 18.8 Å². The third-order valence-electron chi connectivity index (χ3n) is 4.57. The summed E-state index contributed by atoms with van der Waals surface area (Å²) in [4.78, 5) is 36.5. The SMILES string of the molecule is O=C(CCC1NC(=O)NC1=O)NC1CCN(c2ccccc2F)CC1. The molecule has 7 nitrogen and oxygen atoms in total. The van der Waals surface area contributed by atoms with Crippen molar-refractivity contribution in [1.29, 1.82) is 0 Å². The van der Waals surface area contributed by atoms with Gasteiger partial charge < -0.3 is 15.5 Å². The van der Waals surface area contributed by atoms with E-state index < -0.39 is 18.0 Å². The van der Waals surface area contributed by atoms with E-state index in [9.17, 15) is 18.8 Å². The highest BCUT2D eigenvalue weighted by Crippen LogP contribution is 2.22. The molecule has 8 heteroatoms. The monoisotopic (exact) mass is 348 g/mol. The van der Waals surface area contributed by atoms with Crippen molar-refractivity contribution in [3.05, 3.63) is 30.1 Å². The first-order valence-corrected chi connectivity index (χ1v) is 8.43. The maximum absolute atomic E-state index is 13.8. The molecule has 134 valence electrons. The van der Waals surface area contributed by atoms with E-state index in [2.05, 4.69) is 16.0 Å². The predicted octanol–water partition coefficient (Wildman–Crippen LogP) is 0.899. The maximum atomic E-state index is 13.8. The van der Waals surface area contributed by atoms with Crippen molar-refractivity contribution in [1.82, 2.24) is 16.0 Å². The van der Waals surface area contributed by atoms with Crippen LogP contribution in [0.1, 0.15) is 25.7 Å². The molecule has 1 aromatic rings. The highest BCUT2D eigenvalue weighted by Gasteiger charge is 2.30. The average molecular weight is 348 g/mol. The van der Waals surface area contributed by atoms with E-state index in [1.807, 2.05) is 11.0 Å². The molecule has 2 heterocycles. The summed E-state index contributed by atoms with van der Waals surface area (Å²) in [7, 11) is 0. The summed E-state index contributed by atoms with van der Waals surface area (Å²) in [6, 6.07) is 5.57. The normalized spacial score (nSPS) is 21.0. The molecule has 2 aliphatic heterocycles. The molecule has 1 unspecified atom stereocenters. The Labute approximate surface area is 144 Å². The summed E-state index contributed by atoms with van der Waals surface area (Å²) in [6.07, 6.45) is 1.92. The molecule has 1 aromatic carbocycles. The van der Waals surface area contributed by atoms with E-state index in [1.165, 1.54) is 6.07 Å². The van der Waals surface area contributed by atoms with Gasteiger partial charge >= 0.3 is 6.03 Å². The Hall–Kier alpha value is -2.64. The third-order valence-corrected chi connectivity index (χ3v) is 4.57. The number of hydrogen-bond donors (Lipinski definition) is 3. The lowest BCUT2D eigenvalue weighted by molar-refractivity contribution is -0.122. The van der Waals surface area contributed by atoms with Crippen molar-refractivity contribution in [3.8, 4) is 0 Å². The first kappa shape index (κ1) is 17.2. The van der Waals surface area contributed by atoms with E-state index >= 15 is 0 Å². The lowest BCUT2D eigenvalue weighted by Crippen LogP contribution is -2.45.